The van der Waals surface area contributed by atoms with E-state index in [0.717, 1.165) is 12.5 Å². The number of hydrogen-bond donors (Lipinski definition) is 1. The van der Waals surface area contributed by atoms with Crippen molar-refractivity contribution in [2.24, 2.45) is 5.92 Å². The summed E-state index contributed by atoms with van der Waals surface area (Å²) in [5.74, 6) is 0.743. The normalized spacial score (nSPS) is 36.6. The first kappa shape index (κ1) is 15.3. The average molecular weight is 266 g/mol. The molecule has 2 unspecified atom stereocenters. The maximum Gasteiger partial charge on any atom is 0.0278 e. The van der Waals surface area contributed by atoms with Crippen LogP contribution in [-0.4, -0.2) is 35.1 Å². The predicted molar refractivity (Wildman–Crippen MR) is 83.5 cm³/mol. The molecule has 19 heavy (non-hydrogen) atoms. The number of nitrogens with one attached hydrogen (secondary N) is 1. The number of rotatable bonds is 3. The summed E-state index contributed by atoms with van der Waals surface area (Å²) in [5.41, 5.74) is 0.761. The maximum atomic E-state index is 3.82. The van der Waals surface area contributed by atoms with Crippen molar-refractivity contribution in [3.05, 3.63) is 0 Å². The Morgan fingerprint density at radius 1 is 1.16 bits per heavy atom. The standard InChI is InChI=1S/C17H34N2/c1-6-16(4)13-19(15(12-18-16)14(2)3)17(5)10-8-7-9-11-17/h14-15,18H,6-13H2,1-5H3. The van der Waals surface area contributed by atoms with Crippen LogP contribution in [0.4, 0.5) is 0 Å². The fraction of sp³-hybridized carbons (Fsp3) is 1.00. The van der Waals surface area contributed by atoms with Gasteiger partial charge in [0.15, 0.2) is 0 Å². The Hall–Kier alpha value is -0.0800. The summed E-state index contributed by atoms with van der Waals surface area (Å²) in [6.45, 7) is 14.4. The highest BCUT2D eigenvalue weighted by molar-refractivity contribution is 5.02. The van der Waals surface area contributed by atoms with Crippen LogP contribution in [0.5, 0.6) is 0 Å². The van der Waals surface area contributed by atoms with Crippen molar-refractivity contribution in [1.82, 2.24) is 10.2 Å². The summed E-state index contributed by atoms with van der Waals surface area (Å²) in [7, 11) is 0. The van der Waals surface area contributed by atoms with Crippen LogP contribution in [0.1, 0.15) is 73.1 Å². The second-order valence-corrected chi connectivity index (χ2v) is 7.79. The van der Waals surface area contributed by atoms with Gasteiger partial charge in [0.25, 0.3) is 0 Å². The van der Waals surface area contributed by atoms with Gasteiger partial charge in [-0.05, 0) is 39.0 Å². The minimum absolute atomic E-state index is 0.311. The van der Waals surface area contributed by atoms with Crippen molar-refractivity contribution in [1.29, 1.82) is 0 Å². The van der Waals surface area contributed by atoms with Crippen LogP contribution >= 0.6 is 0 Å². The fourth-order valence-electron chi connectivity index (χ4n) is 4.03. The smallest absolute Gasteiger partial charge is 0.0278 e. The van der Waals surface area contributed by atoms with Crippen molar-refractivity contribution in [2.45, 2.75) is 90.3 Å². The van der Waals surface area contributed by atoms with Crippen molar-refractivity contribution in [3.8, 4) is 0 Å². The Morgan fingerprint density at radius 2 is 1.79 bits per heavy atom. The van der Waals surface area contributed by atoms with Crippen molar-refractivity contribution in [2.75, 3.05) is 13.1 Å². The first-order valence-electron chi connectivity index (χ1n) is 8.42. The van der Waals surface area contributed by atoms with Gasteiger partial charge in [-0.2, -0.15) is 0 Å². The van der Waals surface area contributed by atoms with E-state index in [9.17, 15) is 0 Å². The third-order valence-corrected chi connectivity index (χ3v) is 5.83. The molecule has 2 rings (SSSR count). The summed E-state index contributed by atoms with van der Waals surface area (Å²) < 4.78 is 0. The molecule has 0 radical (unpaired) electrons. The van der Waals surface area contributed by atoms with Crippen LogP contribution in [0.3, 0.4) is 0 Å². The first-order valence-corrected chi connectivity index (χ1v) is 8.42. The zero-order valence-corrected chi connectivity index (χ0v) is 13.8. The minimum atomic E-state index is 0.311. The van der Waals surface area contributed by atoms with Gasteiger partial charge < -0.3 is 5.32 Å². The van der Waals surface area contributed by atoms with Gasteiger partial charge in [0.2, 0.25) is 0 Å². The van der Waals surface area contributed by atoms with Crippen LogP contribution in [0.25, 0.3) is 0 Å². The minimum Gasteiger partial charge on any atom is -0.309 e. The molecular formula is C17H34N2. The monoisotopic (exact) mass is 266 g/mol. The quantitative estimate of drug-likeness (QED) is 0.835. The van der Waals surface area contributed by atoms with Gasteiger partial charge in [0, 0.05) is 30.2 Å². The lowest BCUT2D eigenvalue weighted by Gasteiger charge is -2.56. The zero-order valence-electron chi connectivity index (χ0n) is 13.8. The Kier molecular flexibility index (Phi) is 4.62. The van der Waals surface area contributed by atoms with E-state index in [1.54, 1.807) is 0 Å². The summed E-state index contributed by atoms with van der Waals surface area (Å²) >= 11 is 0. The lowest BCUT2D eigenvalue weighted by molar-refractivity contribution is -0.0396. The van der Waals surface area contributed by atoms with Crippen molar-refractivity contribution in [3.63, 3.8) is 0 Å². The van der Waals surface area contributed by atoms with Crippen LogP contribution in [0.15, 0.2) is 0 Å². The van der Waals surface area contributed by atoms with Gasteiger partial charge in [-0.15, -0.1) is 0 Å². The molecule has 112 valence electrons. The molecule has 1 heterocycles. The fourth-order valence-corrected chi connectivity index (χ4v) is 4.03. The summed E-state index contributed by atoms with van der Waals surface area (Å²) in [4.78, 5) is 2.89. The van der Waals surface area contributed by atoms with Crippen molar-refractivity contribution >= 4 is 0 Å². The molecule has 1 saturated heterocycles. The highest BCUT2D eigenvalue weighted by atomic mass is 15.3. The van der Waals surface area contributed by atoms with Gasteiger partial charge in [0.1, 0.15) is 0 Å². The predicted octanol–water partition coefficient (Wildman–Crippen LogP) is 3.81. The molecule has 1 N–H and O–H groups in total. The third-order valence-electron chi connectivity index (χ3n) is 5.83. The Balaban J connectivity index is 2.19. The Bertz CT molecular complexity index is 294. The molecule has 0 aromatic carbocycles. The van der Waals surface area contributed by atoms with Crippen LogP contribution in [0, 0.1) is 5.92 Å². The van der Waals surface area contributed by atoms with Gasteiger partial charge in [-0.1, -0.05) is 40.0 Å². The largest absolute Gasteiger partial charge is 0.309 e. The van der Waals surface area contributed by atoms with E-state index in [0.29, 0.717) is 17.1 Å². The van der Waals surface area contributed by atoms with E-state index >= 15 is 0 Å². The van der Waals surface area contributed by atoms with Crippen LogP contribution in [-0.2, 0) is 0 Å². The molecule has 2 nitrogen and oxygen atoms in total. The topological polar surface area (TPSA) is 15.3 Å². The van der Waals surface area contributed by atoms with Gasteiger partial charge >= 0.3 is 0 Å². The number of piperazine rings is 1. The molecule has 2 fully saturated rings. The lowest BCUT2D eigenvalue weighted by atomic mass is 9.77. The average Bonchev–Trinajstić information content (AvgIpc) is 2.39. The highest BCUT2D eigenvalue weighted by Crippen LogP contribution is 2.38. The molecular weight excluding hydrogens is 232 g/mol. The molecule has 0 bridgehead atoms. The Labute approximate surface area is 120 Å². The van der Waals surface area contributed by atoms with E-state index in [1.165, 1.54) is 45.1 Å². The van der Waals surface area contributed by atoms with Crippen LogP contribution < -0.4 is 5.32 Å². The lowest BCUT2D eigenvalue weighted by Crippen LogP contribution is -2.69. The molecule has 1 saturated carbocycles. The van der Waals surface area contributed by atoms with Gasteiger partial charge in [-0.3, -0.25) is 4.90 Å². The molecule has 1 aliphatic heterocycles. The van der Waals surface area contributed by atoms with E-state index in [2.05, 4.69) is 44.8 Å². The highest BCUT2D eigenvalue weighted by Gasteiger charge is 2.44. The van der Waals surface area contributed by atoms with E-state index in [4.69, 9.17) is 0 Å². The molecule has 0 aromatic heterocycles. The molecule has 1 aliphatic carbocycles. The second kappa shape index (κ2) is 5.73. The third kappa shape index (κ3) is 3.16. The van der Waals surface area contributed by atoms with E-state index in [-0.39, 0.29) is 0 Å². The zero-order chi connectivity index (χ0) is 14.1. The maximum absolute atomic E-state index is 3.82. The first-order chi connectivity index (χ1) is 8.90. The Morgan fingerprint density at radius 3 is 2.32 bits per heavy atom. The molecule has 0 spiro atoms. The SMILES string of the molecule is CCC1(C)CN(C2(C)CCCCC2)C(C(C)C)CN1. The molecule has 2 heteroatoms. The summed E-state index contributed by atoms with van der Waals surface area (Å²) in [5, 5.41) is 3.82. The number of hydrogen-bond acceptors (Lipinski definition) is 2. The molecule has 2 aliphatic rings. The van der Waals surface area contributed by atoms with Gasteiger partial charge in [0.05, 0.1) is 0 Å². The van der Waals surface area contributed by atoms with E-state index in [1.807, 2.05) is 0 Å². The van der Waals surface area contributed by atoms with Gasteiger partial charge in [-0.25, -0.2) is 0 Å². The van der Waals surface area contributed by atoms with Crippen LogP contribution in [0.2, 0.25) is 0 Å². The number of nitrogens with zero attached hydrogens (tertiary/aromatic N) is 1. The molecule has 0 aromatic rings. The second-order valence-electron chi connectivity index (χ2n) is 7.79. The van der Waals surface area contributed by atoms with E-state index < -0.39 is 0 Å². The molecule has 0 amide bonds. The molecule has 2 atom stereocenters. The summed E-state index contributed by atoms with van der Waals surface area (Å²) in [6.07, 6.45) is 8.32. The summed E-state index contributed by atoms with van der Waals surface area (Å²) in [6, 6.07) is 0.711. The van der Waals surface area contributed by atoms with Crippen molar-refractivity contribution < 1.29 is 0 Å².